The van der Waals surface area contributed by atoms with Gasteiger partial charge in [-0.1, -0.05) is 6.07 Å². The highest BCUT2D eigenvalue weighted by Crippen LogP contribution is 2.09. The summed E-state index contributed by atoms with van der Waals surface area (Å²) in [6.07, 6.45) is 0. The molecule has 0 radical (unpaired) electrons. The summed E-state index contributed by atoms with van der Waals surface area (Å²) in [5.41, 5.74) is 6.57. The standard InChI is InChI=1S/C9H11N3OS/c1-11-8(13)6-3-2-4-7(5-6)12-9(10)14/h2-5H,1H3,(H,11,13)(H3,10,12,14). The van der Waals surface area contributed by atoms with Crippen LogP contribution in [-0.2, 0) is 0 Å². The lowest BCUT2D eigenvalue weighted by molar-refractivity contribution is 0.0963. The first-order valence-corrected chi connectivity index (χ1v) is 4.43. The third-order valence-electron chi connectivity index (χ3n) is 1.62. The van der Waals surface area contributed by atoms with Crippen LogP contribution in [0.25, 0.3) is 0 Å². The molecule has 14 heavy (non-hydrogen) atoms. The second kappa shape index (κ2) is 4.57. The summed E-state index contributed by atoms with van der Waals surface area (Å²) in [5, 5.41) is 5.46. The minimum atomic E-state index is -0.142. The number of hydrogen-bond donors (Lipinski definition) is 3. The van der Waals surface area contributed by atoms with Crippen molar-refractivity contribution in [2.24, 2.45) is 5.73 Å². The summed E-state index contributed by atoms with van der Waals surface area (Å²) in [4.78, 5) is 11.2. The van der Waals surface area contributed by atoms with Crippen LogP contribution in [-0.4, -0.2) is 18.1 Å². The van der Waals surface area contributed by atoms with Crippen LogP contribution in [0.5, 0.6) is 0 Å². The summed E-state index contributed by atoms with van der Waals surface area (Å²) in [6, 6.07) is 6.93. The molecule has 0 fully saturated rings. The number of amides is 1. The van der Waals surface area contributed by atoms with Crippen molar-refractivity contribution in [1.82, 2.24) is 5.32 Å². The Labute approximate surface area is 87.5 Å². The first-order chi connectivity index (χ1) is 6.63. The zero-order valence-electron chi connectivity index (χ0n) is 7.70. The van der Waals surface area contributed by atoms with Crippen LogP contribution in [0.2, 0.25) is 0 Å². The number of nitrogens with two attached hydrogens (primary N) is 1. The molecule has 0 aliphatic rings. The monoisotopic (exact) mass is 209 g/mol. The lowest BCUT2D eigenvalue weighted by Crippen LogP contribution is -2.20. The Hall–Kier alpha value is -1.62. The van der Waals surface area contributed by atoms with Gasteiger partial charge in [-0.15, -0.1) is 0 Å². The van der Waals surface area contributed by atoms with Crippen molar-refractivity contribution in [3.8, 4) is 0 Å². The molecule has 1 rings (SSSR count). The number of rotatable bonds is 2. The van der Waals surface area contributed by atoms with Crippen molar-refractivity contribution in [2.75, 3.05) is 12.4 Å². The third-order valence-corrected chi connectivity index (χ3v) is 1.72. The second-order valence-electron chi connectivity index (χ2n) is 2.65. The SMILES string of the molecule is CNC(=O)c1cccc(NC(N)=S)c1. The van der Waals surface area contributed by atoms with E-state index in [0.29, 0.717) is 11.3 Å². The normalized spacial score (nSPS) is 9.21. The summed E-state index contributed by atoms with van der Waals surface area (Å²) in [6.45, 7) is 0. The number of benzene rings is 1. The van der Waals surface area contributed by atoms with E-state index >= 15 is 0 Å². The molecule has 74 valence electrons. The fourth-order valence-electron chi connectivity index (χ4n) is 1.02. The Morgan fingerprint density at radius 1 is 1.50 bits per heavy atom. The van der Waals surface area contributed by atoms with Crippen LogP contribution in [0, 0.1) is 0 Å². The Balaban J connectivity index is 2.89. The van der Waals surface area contributed by atoms with Gasteiger partial charge in [0, 0.05) is 18.3 Å². The van der Waals surface area contributed by atoms with E-state index in [1.54, 1.807) is 31.3 Å². The molecule has 0 aliphatic carbocycles. The summed E-state index contributed by atoms with van der Waals surface area (Å²) in [5.74, 6) is -0.142. The zero-order chi connectivity index (χ0) is 10.6. The molecule has 0 saturated heterocycles. The Kier molecular flexibility index (Phi) is 3.41. The Morgan fingerprint density at radius 3 is 2.79 bits per heavy atom. The van der Waals surface area contributed by atoms with Crippen molar-refractivity contribution in [3.63, 3.8) is 0 Å². The van der Waals surface area contributed by atoms with E-state index in [2.05, 4.69) is 22.9 Å². The molecule has 0 aliphatic heterocycles. The molecule has 0 unspecified atom stereocenters. The van der Waals surface area contributed by atoms with Gasteiger partial charge in [-0.05, 0) is 30.4 Å². The number of anilines is 1. The Bertz CT molecular complexity index is 365. The van der Waals surface area contributed by atoms with Crippen molar-refractivity contribution < 1.29 is 4.79 Å². The summed E-state index contributed by atoms with van der Waals surface area (Å²) < 4.78 is 0. The zero-order valence-corrected chi connectivity index (χ0v) is 8.52. The van der Waals surface area contributed by atoms with E-state index < -0.39 is 0 Å². The topological polar surface area (TPSA) is 67.2 Å². The maximum atomic E-state index is 11.2. The minimum Gasteiger partial charge on any atom is -0.376 e. The van der Waals surface area contributed by atoms with Crippen molar-refractivity contribution in [1.29, 1.82) is 0 Å². The van der Waals surface area contributed by atoms with Crippen LogP contribution in [0.1, 0.15) is 10.4 Å². The number of hydrogen-bond acceptors (Lipinski definition) is 2. The van der Waals surface area contributed by atoms with Gasteiger partial charge in [0.15, 0.2) is 5.11 Å². The average Bonchev–Trinajstić information content (AvgIpc) is 2.16. The minimum absolute atomic E-state index is 0.142. The largest absolute Gasteiger partial charge is 0.376 e. The van der Waals surface area contributed by atoms with Crippen LogP contribution in [0.15, 0.2) is 24.3 Å². The van der Waals surface area contributed by atoms with E-state index in [1.807, 2.05) is 0 Å². The number of carbonyl (C=O) groups is 1. The molecular formula is C9H11N3OS. The van der Waals surface area contributed by atoms with E-state index in [1.165, 1.54) is 0 Å². The first kappa shape index (κ1) is 10.5. The van der Waals surface area contributed by atoms with E-state index in [0.717, 1.165) is 0 Å². The quantitative estimate of drug-likeness (QED) is 0.627. The van der Waals surface area contributed by atoms with Gasteiger partial charge in [0.05, 0.1) is 0 Å². The molecule has 1 aromatic rings. The number of thiocarbonyl (C=S) groups is 1. The molecule has 0 saturated carbocycles. The van der Waals surface area contributed by atoms with Crippen LogP contribution in [0.4, 0.5) is 5.69 Å². The van der Waals surface area contributed by atoms with Gasteiger partial charge in [-0.2, -0.15) is 0 Å². The van der Waals surface area contributed by atoms with Gasteiger partial charge in [0.1, 0.15) is 0 Å². The van der Waals surface area contributed by atoms with Crippen LogP contribution in [0.3, 0.4) is 0 Å². The predicted molar refractivity (Wildman–Crippen MR) is 60.2 cm³/mol. The Morgan fingerprint density at radius 2 is 2.21 bits per heavy atom. The summed E-state index contributed by atoms with van der Waals surface area (Å²) >= 11 is 4.68. The lowest BCUT2D eigenvalue weighted by atomic mass is 10.2. The van der Waals surface area contributed by atoms with Gasteiger partial charge in [-0.3, -0.25) is 4.79 Å². The highest BCUT2D eigenvalue weighted by molar-refractivity contribution is 7.80. The highest BCUT2D eigenvalue weighted by Gasteiger charge is 2.03. The van der Waals surface area contributed by atoms with Crippen molar-refractivity contribution >= 4 is 28.9 Å². The van der Waals surface area contributed by atoms with Gasteiger partial charge in [0.25, 0.3) is 5.91 Å². The molecular weight excluding hydrogens is 198 g/mol. The van der Waals surface area contributed by atoms with Crippen molar-refractivity contribution in [2.45, 2.75) is 0 Å². The smallest absolute Gasteiger partial charge is 0.251 e. The summed E-state index contributed by atoms with van der Waals surface area (Å²) in [7, 11) is 1.58. The molecule has 0 spiro atoms. The second-order valence-corrected chi connectivity index (χ2v) is 3.09. The molecule has 4 N–H and O–H groups in total. The van der Waals surface area contributed by atoms with Crippen LogP contribution >= 0.6 is 12.2 Å². The van der Waals surface area contributed by atoms with Gasteiger partial charge in [-0.25, -0.2) is 0 Å². The van der Waals surface area contributed by atoms with Gasteiger partial charge < -0.3 is 16.4 Å². The average molecular weight is 209 g/mol. The van der Waals surface area contributed by atoms with E-state index in [4.69, 9.17) is 5.73 Å². The molecule has 0 bridgehead atoms. The molecule has 0 heterocycles. The highest BCUT2D eigenvalue weighted by atomic mass is 32.1. The predicted octanol–water partition coefficient (Wildman–Crippen LogP) is 0.702. The molecule has 1 aromatic carbocycles. The van der Waals surface area contributed by atoms with E-state index in [9.17, 15) is 4.79 Å². The van der Waals surface area contributed by atoms with Crippen molar-refractivity contribution in [3.05, 3.63) is 29.8 Å². The molecule has 1 amide bonds. The fourth-order valence-corrected chi connectivity index (χ4v) is 1.14. The number of nitrogens with one attached hydrogen (secondary N) is 2. The van der Waals surface area contributed by atoms with Crippen LogP contribution < -0.4 is 16.4 Å². The van der Waals surface area contributed by atoms with Gasteiger partial charge >= 0.3 is 0 Å². The fraction of sp³-hybridized carbons (Fsp3) is 0.111. The molecule has 0 aromatic heterocycles. The molecule has 5 heteroatoms. The number of carbonyl (C=O) groups excluding carboxylic acids is 1. The lowest BCUT2D eigenvalue weighted by Gasteiger charge is -2.05. The maximum absolute atomic E-state index is 11.2. The van der Waals surface area contributed by atoms with Gasteiger partial charge in [0.2, 0.25) is 0 Å². The maximum Gasteiger partial charge on any atom is 0.251 e. The molecule has 4 nitrogen and oxygen atoms in total. The molecule has 0 atom stereocenters. The third kappa shape index (κ3) is 2.70. The first-order valence-electron chi connectivity index (χ1n) is 4.02. The van der Waals surface area contributed by atoms with E-state index in [-0.39, 0.29) is 11.0 Å².